The zero-order valence-electron chi connectivity index (χ0n) is 15.9. The first-order chi connectivity index (χ1) is 14.3. The Morgan fingerprint density at radius 2 is 1.35 bits per heavy atom. The van der Waals surface area contributed by atoms with Crippen molar-refractivity contribution in [3.8, 4) is 0 Å². The average molecular weight is 484 g/mol. The third-order valence-corrected chi connectivity index (χ3v) is 9.67. The van der Waals surface area contributed by atoms with Gasteiger partial charge in [-0.05, 0) is 47.1 Å². The fraction of sp³-hybridized carbons (Fsp3) is 0.300. The van der Waals surface area contributed by atoms with Crippen LogP contribution in [0.1, 0.15) is 29.5 Å². The van der Waals surface area contributed by atoms with Crippen LogP contribution >= 0.6 is 10.3 Å². The summed E-state index contributed by atoms with van der Waals surface area (Å²) in [6.45, 7) is 0. The SMILES string of the molecule is O=S(=O)(OS1(C=C(c2ccccc2)c2ccc(C(F)(F)F)cc2)CCCC1)C(F)(F)F. The lowest BCUT2D eigenvalue weighted by atomic mass is 9.98. The van der Waals surface area contributed by atoms with Crippen LogP contribution < -0.4 is 0 Å². The van der Waals surface area contributed by atoms with Crippen LogP contribution in [0.5, 0.6) is 0 Å². The van der Waals surface area contributed by atoms with E-state index in [1.54, 1.807) is 30.3 Å². The molecule has 3 rings (SSSR count). The predicted octanol–water partition coefficient (Wildman–Crippen LogP) is 6.47. The van der Waals surface area contributed by atoms with Crippen molar-refractivity contribution < 1.29 is 38.4 Å². The molecule has 2 aromatic carbocycles. The third kappa shape index (κ3) is 5.45. The fourth-order valence-electron chi connectivity index (χ4n) is 3.19. The van der Waals surface area contributed by atoms with E-state index in [9.17, 15) is 34.8 Å². The molecule has 0 spiro atoms. The molecule has 0 unspecified atom stereocenters. The molecule has 0 bridgehead atoms. The topological polar surface area (TPSA) is 43.4 Å². The van der Waals surface area contributed by atoms with Gasteiger partial charge in [0.15, 0.2) is 0 Å². The van der Waals surface area contributed by atoms with Crippen molar-refractivity contribution in [3.63, 3.8) is 0 Å². The lowest BCUT2D eigenvalue weighted by Crippen LogP contribution is -2.27. The fourth-order valence-corrected chi connectivity index (χ4v) is 8.16. The van der Waals surface area contributed by atoms with E-state index in [4.69, 9.17) is 3.63 Å². The molecular formula is C20H18F6O3S2. The van der Waals surface area contributed by atoms with Crippen LogP contribution in [0, 0.1) is 0 Å². The highest BCUT2D eigenvalue weighted by atomic mass is 32.3. The molecule has 0 atom stereocenters. The molecule has 1 heterocycles. The molecule has 31 heavy (non-hydrogen) atoms. The van der Waals surface area contributed by atoms with E-state index >= 15 is 0 Å². The molecule has 0 saturated carbocycles. The maximum atomic E-state index is 13.0. The van der Waals surface area contributed by atoms with Gasteiger partial charge >= 0.3 is 21.8 Å². The monoisotopic (exact) mass is 484 g/mol. The Morgan fingerprint density at radius 1 is 0.839 bits per heavy atom. The Labute approximate surface area is 177 Å². The van der Waals surface area contributed by atoms with Crippen molar-refractivity contribution in [2.75, 3.05) is 11.5 Å². The number of hydrogen-bond acceptors (Lipinski definition) is 3. The summed E-state index contributed by atoms with van der Waals surface area (Å²) in [4.78, 5) is 0. The van der Waals surface area contributed by atoms with Gasteiger partial charge in [0.05, 0.1) is 5.56 Å². The molecule has 11 heteroatoms. The summed E-state index contributed by atoms with van der Waals surface area (Å²) in [6, 6.07) is 12.5. The number of hydrogen-bond donors (Lipinski definition) is 0. The van der Waals surface area contributed by atoms with Crippen molar-refractivity contribution in [2.45, 2.75) is 24.5 Å². The maximum absolute atomic E-state index is 13.0. The first kappa shape index (κ1) is 23.7. The summed E-state index contributed by atoms with van der Waals surface area (Å²) >= 11 is 0. The molecular weight excluding hydrogens is 466 g/mol. The summed E-state index contributed by atoms with van der Waals surface area (Å²) in [7, 11) is -8.66. The van der Waals surface area contributed by atoms with Crippen LogP contribution in [0.4, 0.5) is 26.3 Å². The Balaban J connectivity index is 2.12. The van der Waals surface area contributed by atoms with Gasteiger partial charge in [0.1, 0.15) is 0 Å². The van der Waals surface area contributed by atoms with Crippen LogP contribution in [0.25, 0.3) is 5.57 Å². The van der Waals surface area contributed by atoms with Crippen molar-refractivity contribution in [1.82, 2.24) is 0 Å². The van der Waals surface area contributed by atoms with E-state index in [0.29, 0.717) is 29.5 Å². The van der Waals surface area contributed by atoms with E-state index in [2.05, 4.69) is 0 Å². The summed E-state index contributed by atoms with van der Waals surface area (Å²) < 4.78 is 106. The van der Waals surface area contributed by atoms with E-state index < -0.39 is 37.7 Å². The van der Waals surface area contributed by atoms with Gasteiger partial charge in [-0.3, -0.25) is 0 Å². The minimum Gasteiger partial charge on any atom is -0.209 e. The van der Waals surface area contributed by atoms with E-state index in [0.717, 1.165) is 12.1 Å². The highest BCUT2D eigenvalue weighted by Crippen LogP contribution is 2.60. The highest BCUT2D eigenvalue weighted by molar-refractivity contribution is 8.35. The quantitative estimate of drug-likeness (QED) is 0.361. The molecule has 0 N–H and O–H groups in total. The second-order valence-corrected chi connectivity index (χ2v) is 11.6. The van der Waals surface area contributed by atoms with Crippen LogP contribution in [-0.2, 0) is 19.9 Å². The van der Waals surface area contributed by atoms with Gasteiger partial charge < -0.3 is 0 Å². The number of halogens is 6. The molecule has 1 aliphatic heterocycles. The second-order valence-electron chi connectivity index (χ2n) is 6.93. The average Bonchev–Trinajstić information content (AvgIpc) is 3.13. The zero-order valence-corrected chi connectivity index (χ0v) is 17.5. The van der Waals surface area contributed by atoms with Crippen LogP contribution in [0.15, 0.2) is 60.0 Å². The van der Waals surface area contributed by atoms with Crippen molar-refractivity contribution in [2.24, 2.45) is 0 Å². The number of benzene rings is 2. The Hall–Kier alpha value is -1.98. The van der Waals surface area contributed by atoms with Gasteiger partial charge in [-0.15, -0.1) is 0 Å². The van der Waals surface area contributed by atoms with E-state index in [1.807, 2.05) is 0 Å². The van der Waals surface area contributed by atoms with Gasteiger partial charge in [-0.25, -0.2) is 3.63 Å². The maximum Gasteiger partial charge on any atom is 0.523 e. The predicted molar refractivity (Wildman–Crippen MR) is 108 cm³/mol. The van der Waals surface area contributed by atoms with E-state index in [1.165, 1.54) is 17.5 Å². The first-order valence-corrected chi connectivity index (χ1v) is 12.5. The number of rotatable bonds is 5. The summed E-state index contributed by atoms with van der Waals surface area (Å²) in [6.07, 6.45) is -3.58. The molecule has 0 aromatic heterocycles. The largest absolute Gasteiger partial charge is 0.523 e. The minimum atomic E-state index is -5.83. The lowest BCUT2D eigenvalue weighted by molar-refractivity contribution is -0.137. The number of alkyl halides is 6. The lowest BCUT2D eigenvalue weighted by Gasteiger charge is -2.32. The van der Waals surface area contributed by atoms with Crippen molar-refractivity contribution in [3.05, 3.63) is 76.7 Å². The van der Waals surface area contributed by atoms with Crippen LogP contribution in [0.3, 0.4) is 0 Å². The summed E-state index contributed by atoms with van der Waals surface area (Å²) in [5.74, 6) is 0.221. The Kier molecular flexibility index (Phi) is 6.50. The summed E-state index contributed by atoms with van der Waals surface area (Å²) in [5.41, 5.74) is -5.28. The molecule has 0 radical (unpaired) electrons. The van der Waals surface area contributed by atoms with Gasteiger partial charge in [0.25, 0.3) is 0 Å². The van der Waals surface area contributed by atoms with Gasteiger partial charge in [-0.2, -0.15) is 34.8 Å². The molecule has 1 aliphatic rings. The highest BCUT2D eigenvalue weighted by Gasteiger charge is 2.51. The van der Waals surface area contributed by atoms with Gasteiger partial charge in [0.2, 0.25) is 0 Å². The molecule has 0 aliphatic carbocycles. The first-order valence-electron chi connectivity index (χ1n) is 9.09. The van der Waals surface area contributed by atoms with Gasteiger partial charge in [-0.1, -0.05) is 52.8 Å². The third-order valence-electron chi connectivity index (χ3n) is 4.68. The van der Waals surface area contributed by atoms with Crippen molar-refractivity contribution in [1.29, 1.82) is 0 Å². The second kappa shape index (κ2) is 8.51. The Bertz CT molecular complexity index is 1040. The standard InChI is InChI=1S/C20H18F6O3S2/c21-19(22,23)17-10-8-16(9-11-17)18(15-6-2-1-3-7-15)14-30(12-4-5-13-30)29-31(27,28)20(24,25)26/h1-3,6-11,14H,4-5,12-13H2. The van der Waals surface area contributed by atoms with E-state index in [-0.39, 0.29) is 11.5 Å². The Morgan fingerprint density at radius 3 is 1.84 bits per heavy atom. The summed E-state index contributed by atoms with van der Waals surface area (Å²) in [5, 5.41) is 1.38. The van der Waals surface area contributed by atoms with Gasteiger partial charge in [0, 0.05) is 11.5 Å². The normalized spacial score (nSPS) is 18.7. The smallest absolute Gasteiger partial charge is 0.209 e. The van der Waals surface area contributed by atoms with Crippen LogP contribution in [0.2, 0.25) is 0 Å². The zero-order chi connectivity index (χ0) is 22.9. The molecule has 3 nitrogen and oxygen atoms in total. The molecule has 0 amide bonds. The molecule has 170 valence electrons. The molecule has 1 fully saturated rings. The van der Waals surface area contributed by atoms with Crippen molar-refractivity contribution >= 4 is 26.0 Å². The molecule has 1 saturated heterocycles. The molecule has 2 aromatic rings. The van der Waals surface area contributed by atoms with Crippen LogP contribution in [-0.4, -0.2) is 25.4 Å². The minimum absolute atomic E-state index is 0.110.